The Labute approximate surface area is 595 Å². The number of hydrogen-bond donors (Lipinski definition) is 9. The van der Waals surface area contributed by atoms with Crippen LogP contribution in [0.25, 0.3) is 0 Å². The molecule has 36 nitrogen and oxygen atoms in total. The second kappa shape index (κ2) is 41.0. The molecule has 0 bridgehead atoms. The van der Waals surface area contributed by atoms with Gasteiger partial charge in [0, 0.05) is 38.5 Å². The van der Waals surface area contributed by atoms with Gasteiger partial charge >= 0.3 is 69.0 Å². The Balaban J connectivity index is 0.000000545. The molecule has 27 atom stereocenters. The molecule has 9 unspecified atom stereocenters. The van der Waals surface area contributed by atoms with E-state index in [0.717, 1.165) is 0 Å². The molecule has 0 saturated carbocycles. The SMILES string of the molecule is C.C.CC(C)P(=O)(O)OC[C@H]1O[C@@H](C)C[C@@H]1OP(=O)(O)C(C)C.CC(C)P(=O)(O)OC[C@H]1O[C@@H](C)C[C@@H]1OP(=O)(O)OC[C@H]1O[C@@H](C)C[C@@H]1OP(=O)(O)C(C)C.CC(C)P(=O)(O)OC[C@H]1O[C@@H](C)C[C@@H]1OP(=O)(O)OC[C@H]1O[C@@H](C)C[C@@H]1OP(=O)(O)OC[C@H]1O[C@@H](C)C[C@@H]1OP(=O)(O)C(C)C. The van der Waals surface area contributed by atoms with Crippen LogP contribution >= 0.6 is 69.0 Å². The van der Waals surface area contributed by atoms with E-state index in [9.17, 15) is 85.1 Å². The lowest BCUT2D eigenvalue weighted by atomic mass is 10.1. The highest BCUT2D eigenvalue weighted by Crippen LogP contribution is 2.57. The van der Waals surface area contributed by atoms with E-state index in [2.05, 4.69) is 0 Å². The highest BCUT2D eigenvalue weighted by Gasteiger charge is 2.49. The number of hydrogen-bond acceptors (Lipinski definition) is 27. The van der Waals surface area contributed by atoms with Crippen molar-refractivity contribution in [1.82, 2.24) is 0 Å². The molecular weight excluding hydrogens is 1530 g/mol. The second-order valence-corrected chi connectivity index (χ2v) is 45.9. The third-order valence-electron chi connectivity index (χ3n) is 16.4. The first-order chi connectivity index (χ1) is 45.1. The molecule has 0 aromatic heterocycles. The summed E-state index contributed by atoms with van der Waals surface area (Å²) in [5.41, 5.74) is -3.59. The molecule has 604 valence electrons. The Hall–Kier alpha value is 0.990. The van der Waals surface area contributed by atoms with Crippen LogP contribution in [0.3, 0.4) is 0 Å². The molecular formula is C56H119O36P9. The van der Waals surface area contributed by atoms with Crippen LogP contribution in [0.15, 0.2) is 0 Å². The molecule has 0 aliphatic carbocycles. The van der Waals surface area contributed by atoms with Crippen molar-refractivity contribution in [3.63, 3.8) is 0 Å². The topological polar surface area (TPSA) is 502 Å². The number of ether oxygens (including phenoxy) is 6. The van der Waals surface area contributed by atoms with Crippen LogP contribution < -0.4 is 0 Å². The van der Waals surface area contributed by atoms with Crippen molar-refractivity contribution in [2.45, 2.75) is 322 Å². The van der Waals surface area contributed by atoms with Crippen molar-refractivity contribution < 1.29 is 168 Å². The largest absolute Gasteiger partial charge is 0.472 e. The Kier molecular flexibility index (Phi) is 39.8. The summed E-state index contributed by atoms with van der Waals surface area (Å²) in [6.07, 6.45) is -10.8. The van der Waals surface area contributed by atoms with Crippen LogP contribution in [0, 0.1) is 0 Å². The summed E-state index contributed by atoms with van der Waals surface area (Å²) in [4.78, 5) is 90.5. The summed E-state index contributed by atoms with van der Waals surface area (Å²) in [5.74, 6) is 0. The van der Waals surface area contributed by atoms with Gasteiger partial charge in [0.2, 0.25) is 0 Å². The second-order valence-electron chi connectivity index (χ2n) is 27.3. The van der Waals surface area contributed by atoms with Crippen molar-refractivity contribution in [3.05, 3.63) is 0 Å². The molecule has 6 rings (SSSR count). The highest BCUT2D eigenvalue weighted by atomic mass is 31.2. The van der Waals surface area contributed by atoms with Crippen LogP contribution in [0.5, 0.6) is 0 Å². The fourth-order valence-corrected chi connectivity index (χ4v) is 17.5. The minimum absolute atomic E-state index is 0. The number of phosphoric ester groups is 3. The van der Waals surface area contributed by atoms with Gasteiger partial charge in [-0.25, -0.2) is 13.7 Å². The summed E-state index contributed by atoms with van der Waals surface area (Å²) >= 11 is 0. The fourth-order valence-electron chi connectivity index (χ4n) is 10.1. The third-order valence-corrected chi connectivity index (χ3v) is 30.5. The zero-order valence-electron chi connectivity index (χ0n) is 59.4. The van der Waals surface area contributed by atoms with Gasteiger partial charge in [0.05, 0.1) is 129 Å². The lowest BCUT2D eigenvalue weighted by molar-refractivity contribution is -0.0394. The molecule has 6 saturated heterocycles. The molecule has 0 aromatic carbocycles. The predicted octanol–water partition coefficient (Wildman–Crippen LogP) is 11.6. The van der Waals surface area contributed by atoms with Crippen LogP contribution in [0.2, 0.25) is 0 Å². The van der Waals surface area contributed by atoms with Crippen molar-refractivity contribution in [2.75, 3.05) is 39.6 Å². The summed E-state index contributed by atoms with van der Waals surface area (Å²) in [6.45, 7) is 26.9. The van der Waals surface area contributed by atoms with Gasteiger partial charge in [-0.05, 0) is 41.5 Å². The number of rotatable bonds is 36. The van der Waals surface area contributed by atoms with Crippen LogP contribution in [-0.2, 0) is 124 Å². The van der Waals surface area contributed by atoms with Gasteiger partial charge in [0.25, 0.3) is 0 Å². The van der Waals surface area contributed by atoms with E-state index in [1.54, 1.807) is 90.0 Å². The van der Waals surface area contributed by atoms with Crippen LogP contribution in [-0.4, -0.2) is 228 Å². The van der Waals surface area contributed by atoms with E-state index in [1.807, 2.05) is 6.92 Å². The molecule has 0 amide bonds. The first kappa shape index (κ1) is 98.1. The maximum Gasteiger partial charge on any atom is 0.472 e. The van der Waals surface area contributed by atoms with Gasteiger partial charge in [-0.3, -0.25) is 54.5 Å². The summed E-state index contributed by atoms with van der Waals surface area (Å²) in [7, 11) is -37.1. The van der Waals surface area contributed by atoms with Crippen LogP contribution in [0.4, 0.5) is 0 Å². The molecule has 6 aliphatic heterocycles. The molecule has 6 fully saturated rings. The quantitative estimate of drug-likeness (QED) is 0.0263. The first-order valence-corrected chi connectivity index (χ1v) is 47.3. The smallest absolute Gasteiger partial charge is 0.370 e. The predicted molar refractivity (Wildman–Crippen MR) is 371 cm³/mol. The van der Waals surface area contributed by atoms with Crippen molar-refractivity contribution in [1.29, 1.82) is 0 Å². The normalized spacial score (nSPS) is 35.4. The monoisotopic (exact) mass is 1650 g/mol. The van der Waals surface area contributed by atoms with E-state index in [1.165, 1.54) is 27.7 Å². The van der Waals surface area contributed by atoms with E-state index >= 15 is 0 Å². The summed E-state index contributed by atoms with van der Waals surface area (Å²) in [5, 5.41) is 0. The number of phosphoric acid groups is 3. The summed E-state index contributed by atoms with van der Waals surface area (Å²) < 4.78 is 207. The molecule has 9 N–H and O–H groups in total. The molecule has 0 aromatic rings. The van der Waals surface area contributed by atoms with E-state index < -0.39 is 202 Å². The van der Waals surface area contributed by atoms with Gasteiger partial charge in [-0.1, -0.05) is 97.9 Å². The Morgan fingerprint density at radius 1 is 0.257 bits per heavy atom. The lowest BCUT2D eigenvalue weighted by Crippen LogP contribution is -2.31. The maximum atomic E-state index is 12.9. The third kappa shape index (κ3) is 32.3. The van der Waals surface area contributed by atoms with E-state index in [-0.39, 0.29) is 90.9 Å². The molecule has 0 spiro atoms. The first-order valence-electron chi connectivity index (χ1n) is 32.9. The van der Waals surface area contributed by atoms with Gasteiger partial charge in [-0.15, -0.1) is 0 Å². The summed E-state index contributed by atoms with van der Waals surface area (Å²) in [6, 6.07) is 0. The highest BCUT2D eigenvalue weighted by molar-refractivity contribution is 7.55. The molecule has 6 heterocycles. The maximum absolute atomic E-state index is 12.9. The van der Waals surface area contributed by atoms with E-state index in [0.29, 0.717) is 12.8 Å². The van der Waals surface area contributed by atoms with Crippen molar-refractivity contribution in [2.24, 2.45) is 0 Å². The Bertz CT molecular complexity index is 2980. The van der Waals surface area contributed by atoms with Gasteiger partial charge < -0.3 is 99.6 Å². The van der Waals surface area contributed by atoms with Crippen molar-refractivity contribution >= 4 is 69.0 Å². The molecule has 45 heteroatoms. The molecule has 0 radical (unpaired) electrons. The zero-order chi connectivity index (χ0) is 75.6. The average molecular weight is 1650 g/mol. The minimum atomic E-state index is -4.75. The molecule has 101 heavy (non-hydrogen) atoms. The lowest BCUT2D eigenvalue weighted by Gasteiger charge is -2.26. The standard InChI is InChI=1S/C24H48O17P4.C18H37O12P3.C12H26O7P2.2CH4/c1-14(2)42(25,26)33-11-22-20(9-17(6)36-22)40-45(31,32)35-13-24-21(10-18(7)38-24)41-44(29,30)34-12-23-19(8-16(5)37-23)39-43(27,28)15(3)4;1-11(2)31(19,20)25-9-17-16(8-14(6)27-17)30-33(23,24)26-10-18-15(7-13(5)28-18)29-32(21,22)12(3)4;1-8(2)20(13,14)17-7-12-11(6-10(5)18-12)19-21(15,16)9(3)4;;/h14-24H,8-13H2,1-7H3,(H,25,26)(H,27,28)(H,29,30)(H,31,32);11-18H,7-10H2,1-6H3,(H,19,20)(H,21,22)(H,23,24);8-12H,6-7H2,1-5H3,(H,13,14)(H,15,16);2*1H4/t16-,17-,18-,19-,20-,21-,22+,23+,24+;13-,14-,15-,16-,17+,18+;10-,11-,12+;;/m000../s1. The fraction of sp³-hybridized carbons (Fsp3) is 1.00. The average Bonchev–Trinajstić information content (AvgIpc) is 1.77. The van der Waals surface area contributed by atoms with E-state index in [4.69, 9.17) is 82.7 Å². The van der Waals surface area contributed by atoms with Crippen molar-refractivity contribution in [3.8, 4) is 0 Å². The minimum Gasteiger partial charge on any atom is -0.370 e. The van der Waals surface area contributed by atoms with Gasteiger partial charge in [-0.2, -0.15) is 0 Å². The Morgan fingerprint density at radius 2 is 0.396 bits per heavy atom. The van der Waals surface area contributed by atoms with Crippen LogP contribution in [0.1, 0.15) is 178 Å². The van der Waals surface area contributed by atoms with Gasteiger partial charge in [0.15, 0.2) is 0 Å². The zero-order valence-corrected chi connectivity index (χ0v) is 67.5. The molecule has 6 aliphatic rings. The van der Waals surface area contributed by atoms with Gasteiger partial charge in [0.1, 0.15) is 54.9 Å². The Morgan fingerprint density at radius 3 is 0.545 bits per heavy atom.